The molecule has 1 aliphatic heterocycles. The number of carbonyl (C=O) groups excluding carboxylic acids is 1. The van der Waals surface area contributed by atoms with Crippen molar-refractivity contribution < 1.29 is 9.32 Å². The van der Waals surface area contributed by atoms with E-state index in [4.69, 9.17) is 4.52 Å². The maximum atomic E-state index is 10.7. The quantitative estimate of drug-likeness (QED) is 0.706. The van der Waals surface area contributed by atoms with Crippen molar-refractivity contribution in [3.63, 3.8) is 0 Å². The average molecular weight is 208 g/mol. The van der Waals surface area contributed by atoms with E-state index in [2.05, 4.69) is 17.1 Å². The molecule has 0 amide bonds. The molecule has 0 N–H and O–H groups in total. The van der Waals surface area contributed by atoms with Crippen LogP contribution < -0.4 is 0 Å². The van der Waals surface area contributed by atoms with Crippen molar-refractivity contribution >= 4 is 6.29 Å². The summed E-state index contributed by atoms with van der Waals surface area (Å²) in [7, 11) is 2.13. The summed E-state index contributed by atoms with van der Waals surface area (Å²) in [6.45, 7) is 1.13. The molecule has 1 aromatic heterocycles. The molecule has 0 radical (unpaired) electrons. The number of carbonyl (C=O) groups is 1. The number of piperidine rings is 1. The largest absolute Gasteiger partial charge is 0.361 e. The SMILES string of the molecule is CN1CCCCC1Cc1oncc1C=O. The van der Waals surface area contributed by atoms with Gasteiger partial charge in [0.15, 0.2) is 6.29 Å². The average Bonchev–Trinajstić information content (AvgIpc) is 2.69. The second kappa shape index (κ2) is 4.57. The molecule has 1 aliphatic rings. The monoisotopic (exact) mass is 208 g/mol. The zero-order valence-electron chi connectivity index (χ0n) is 8.98. The van der Waals surface area contributed by atoms with E-state index in [9.17, 15) is 4.79 Å². The zero-order valence-corrected chi connectivity index (χ0v) is 8.98. The minimum absolute atomic E-state index is 0.491. The van der Waals surface area contributed by atoms with Crippen LogP contribution in [0.15, 0.2) is 10.7 Å². The second-order valence-corrected chi connectivity index (χ2v) is 4.16. The Balaban J connectivity index is 2.04. The first-order valence-corrected chi connectivity index (χ1v) is 5.40. The fourth-order valence-electron chi connectivity index (χ4n) is 2.14. The number of rotatable bonds is 3. The first kappa shape index (κ1) is 10.4. The first-order chi connectivity index (χ1) is 7.31. The van der Waals surface area contributed by atoms with E-state index in [1.54, 1.807) is 0 Å². The minimum atomic E-state index is 0.491. The summed E-state index contributed by atoms with van der Waals surface area (Å²) in [6.07, 6.45) is 6.81. The summed E-state index contributed by atoms with van der Waals surface area (Å²) in [5.74, 6) is 0.726. The lowest BCUT2D eigenvalue weighted by molar-refractivity contribution is 0.111. The highest BCUT2D eigenvalue weighted by molar-refractivity contribution is 5.75. The molecule has 0 aliphatic carbocycles. The van der Waals surface area contributed by atoms with Crippen molar-refractivity contribution in [2.24, 2.45) is 0 Å². The lowest BCUT2D eigenvalue weighted by Crippen LogP contribution is -2.37. The number of nitrogens with zero attached hydrogens (tertiary/aromatic N) is 2. The summed E-state index contributed by atoms with van der Waals surface area (Å²) in [5.41, 5.74) is 0.592. The van der Waals surface area contributed by atoms with Crippen LogP contribution in [0, 0.1) is 0 Å². The van der Waals surface area contributed by atoms with Gasteiger partial charge in [-0.2, -0.15) is 0 Å². The molecule has 0 aromatic carbocycles. The van der Waals surface area contributed by atoms with Gasteiger partial charge in [-0.1, -0.05) is 11.6 Å². The van der Waals surface area contributed by atoms with E-state index in [0.29, 0.717) is 11.6 Å². The second-order valence-electron chi connectivity index (χ2n) is 4.16. The molecule has 15 heavy (non-hydrogen) atoms. The van der Waals surface area contributed by atoms with Crippen molar-refractivity contribution in [3.8, 4) is 0 Å². The summed E-state index contributed by atoms with van der Waals surface area (Å²) < 4.78 is 5.10. The van der Waals surface area contributed by atoms with Gasteiger partial charge in [-0.05, 0) is 26.4 Å². The fraction of sp³-hybridized carbons (Fsp3) is 0.636. The molecule has 0 bridgehead atoms. The summed E-state index contributed by atoms with van der Waals surface area (Å²) in [5, 5.41) is 3.66. The Morgan fingerprint density at radius 2 is 2.53 bits per heavy atom. The van der Waals surface area contributed by atoms with Gasteiger partial charge < -0.3 is 9.42 Å². The highest BCUT2D eigenvalue weighted by Crippen LogP contribution is 2.20. The summed E-state index contributed by atoms with van der Waals surface area (Å²) in [6, 6.07) is 0.491. The number of hydrogen-bond acceptors (Lipinski definition) is 4. The molecule has 1 atom stereocenters. The maximum Gasteiger partial charge on any atom is 0.155 e. The van der Waals surface area contributed by atoms with Crippen LogP contribution in [0.2, 0.25) is 0 Å². The molecular weight excluding hydrogens is 192 g/mol. The Morgan fingerprint density at radius 3 is 3.27 bits per heavy atom. The van der Waals surface area contributed by atoms with E-state index in [0.717, 1.165) is 25.0 Å². The maximum absolute atomic E-state index is 10.7. The number of likely N-dealkylation sites (tertiary alicyclic amines) is 1. The molecule has 1 unspecified atom stereocenters. The Labute approximate surface area is 89.2 Å². The number of hydrogen-bond donors (Lipinski definition) is 0. The third-order valence-corrected chi connectivity index (χ3v) is 3.15. The smallest absolute Gasteiger partial charge is 0.155 e. The third kappa shape index (κ3) is 2.26. The van der Waals surface area contributed by atoms with Crippen LogP contribution in [0.1, 0.15) is 35.4 Å². The van der Waals surface area contributed by atoms with Gasteiger partial charge >= 0.3 is 0 Å². The van der Waals surface area contributed by atoms with Crippen LogP contribution in [0.5, 0.6) is 0 Å². The lowest BCUT2D eigenvalue weighted by Gasteiger charge is -2.31. The highest BCUT2D eigenvalue weighted by atomic mass is 16.5. The van der Waals surface area contributed by atoms with Crippen LogP contribution in [0.25, 0.3) is 0 Å². The fourth-order valence-corrected chi connectivity index (χ4v) is 2.14. The third-order valence-electron chi connectivity index (χ3n) is 3.15. The first-order valence-electron chi connectivity index (χ1n) is 5.40. The van der Waals surface area contributed by atoms with Gasteiger partial charge in [-0.25, -0.2) is 0 Å². The number of aldehydes is 1. The Bertz CT molecular complexity index is 335. The van der Waals surface area contributed by atoms with Gasteiger partial charge in [0.2, 0.25) is 0 Å². The van der Waals surface area contributed by atoms with Crippen LogP contribution in [-0.4, -0.2) is 36.0 Å². The van der Waals surface area contributed by atoms with Gasteiger partial charge in [-0.15, -0.1) is 0 Å². The summed E-state index contributed by atoms with van der Waals surface area (Å²) in [4.78, 5) is 13.0. The van der Waals surface area contributed by atoms with Crippen LogP contribution in [-0.2, 0) is 6.42 Å². The minimum Gasteiger partial charge on any atom is -0.361 e. The normalized spacial score (nSPS) is 22.9. The number of aromatic nitrogens is 1. The highest BCUT2D eigenvalue weighted by Gasteiger charge is 2.22. The number of likely N-dealkylation sites (N-methyl/N-ethyl adjacent to an activating group) is 1. The zero-order chi connectivity index (χ0) is 10.7. The van der Waals surface area contributed by atoms with Crippen molar-refractivity contribution in [2.75, 3.05) is 13.6 Å². The molecule has 82 valence electrons. The summed E-state index contributed by atoms with van der Waals surface area (Å²) >= 11 is 0. The molecule has 0 saturated carbocycles. The van der Waals surface area contributed by atoms with Gasteiger partial charge in [0, 0.05) is 12.5 Å². The van der Waals surface area contributed by atoms with Crippen LogP contribution in [0.4, 0.5) is 0 Å². The van der Waals surface area contributed by atoms with Gasteiger partial charge in [0.25, 0.3) is 0 Å². The van der Waals surface area contributed by atoms with Crippen LogP contribution in [0.3, 0.4) is 0 Å². The Morgan fingerprint density at radius 1 is 1.67 bits per heavy atom. The van der Waals surface area contributed by atoms with Gasteiger partial charge in [-0.3, -0.25) is 4.79 Å². The molecular formula is C11H16N2O2. The molecule has 0 spiro atoms. The van der Waals surface area contributed by atoms with Crippen LogP contribution >= 0.6 is 0 Å². The molecule has 1 aromatic rings. The van der Waals surface area contributed by atoms with E-state index < -0.39 is 0 Å². The predicted molar refractivity (Wildman–Crippen MR) is 55.9 cm³/mol. The van der Waals surface area contributed by atoms with E-state index in [-0.39, 0.29) is 0 Å². The molecule has 4 heteroatoms. The van der Waals surface area contributed by atoms with E-state index >= 15 is 0 Å². The standard InChI is InChI=1S/C11H16N2O2/c1-13-5-3-2-4-10(13)6-11-9(8-14)7-12-15-11/h7-8,10H,2-6H2,1H3. The van der Waals surface area contributed by atoms with Gasteiger partial charge in [0.1, 0.15) is 5.76 Å². The molecule has 2 rings (SSSR count). The van der Waals surface area contributed by atoms with Gasteiger partial charge in [0.05, 0.1) is 11.8 Å². The topological polar surface area (TPSA) is 46.3 Å². The molecule has 4 nitrogen and oxygen atoms in total. The predicted octanol–water partition coefficient (Wildman–Crippen LogP) is 1.51. The van der Waals surface area contributed by atoms with Crippen molar-refractivity contribution in [1.82, 2.24) is 10.1 Å². The van der Waals surface area contributed by atoms with Crippen molar-refractivity contribution in [2.45, 2.75) is 31.7 Å². The molecule has 1 saturated heterocycles. The molecule has 1 fully saturated rings. The lowest BCUT2D eigenvalue weighted by atomic mass is 9.98. The Hall–Kier alpha value is -1.16. The molecule has 2 heterocycles. The van der Waals surface area contributed by atoms with E-state index in [1.165, 1.54) is 25.5 Å². The Kier molecular flexibility index (Phi) is 3.16. The van der Waals surface area contributed by atoms with E-state index in [1.807, 2.05) is 0 Å². The van der Waals surface area contributed by atoms with Crippen molar-refractivity contribution in [3.05, 3.63) is 17.5 Å². The van der Waals surface area contributed by atoms with Crippen molar-refractivity contribution in [1.29, 1.82) is 0 Å².